The summed E-state index contributed by atoms with van der Waals surface area (Å²) >= 11 is 0. The quantitative estimate of drug-likeness (QED) is 0.784. The van der Waals surface area contributed by atoms with Crippen molar-refractivity contribution in [2.75, 3.05) is 25.0 Å². The van der Waals surface area contributed by atoms with E-state index in [-0.39, 0.29) is 47.2 Å². The summed E-state index contributed by atoms with van der Waals surface area (Å²) in [5.74, 6) is -1.20. The lowest BCUT2D eigenvalue weighted by atomic mass is 9.94. The summed E-state index contributed by atoms with van der Waals surface area (Å²) in [7, 11) is 0. The van der Waals surface area contributed by atoms with E-state index in [1.54, 1.807) is 9.80 Å². The molecule has 0 saturated carbocycles. The Morgan fingerprint density at radius 2 is 1.71 bits per heavy atom. The number of alkyl halides is 3. The first kappa shape index (κ1) is 23.1. The van der Waals surface area contributed by atoms with E-state index in [0.29, 0.717) is 32.5 Å². The van der Waals surface area contributed by atoms with E-state index in [9.17, 15) is 27.6 Å². The van der Waals surface area contributed by atoms with Crippen molar-refractivity contribution in [2.24, 2.45) is 11.8 Å². The van der Waals surface area contributed by atoms with Gasteiger partial charge in [0.05, 0.1) is 11.5 Å². The minimum absolute atomic E-state index is 0.0267. The van der Waals surface area contributed by atoms with Gasteiger partial charge in [0.2, 0.25) is 17.7 Å². The van der Waals surface area contributed by atoms with Crippen molar-refractivity contribution in [3.05, 3.63) is 29.8 Å². The van der Waals surface area contributed by atoms with Crippen LogP contribution in [0.15, 0.2) is 24.3 Å². The van der Waals surface area contributed by atoms with Crippen molar-refractivity contribution in [1.29, 1.82) is 0 Å². The molecule has 1 unspecified atom stereocenters. The Morgan fingerprint density at radius 3 is 2.26 bits per heavy atom. The molecule has 1 aromatic carbocycles. The molecule has 6 nitrogen and oxygen atoms in total. The Kier molecular flexibility index (Phi) is 6.34. The molecule has 2 aliphatic heterocycles. The second-order valence-electron chi connectivity index (χ2n) is 9.24. The van der Waals surface area contributed by atoms with Gasteiger partial charge in [0.15, 0.2) is 0 Å². The molecule has 0 aromatic heterocycles. The molecule has 1 N–H and O–H groups in total. The van der Waals surface area contributed by atoms with Gasteiger partial charge in [-0.2, -0.15) is 13.2 Å². The fraction of sp³-hybridized carbons (Fsp3) is 0.591. The third-order valence-corrected chi connectivity index (χ3v) is 5.92. The molecule has 3 rings (SSSR count). The monoisotopic (exact) mass is 439 g/mol. The van der Waals surface area contributed by atoms with E-state index >= 15 is 0 Å². The highest BCUT2D eigenvalue weighted by Gasteiger charge is 2.41. The molecular weight excluding hydrogens is 411 g/mol. The molecule has 31 heavy (non-hydrogen) atoms. The zero-order valence-corrected chi connectivity index (χ0v) is 18.0. The third kappa shape index (κ3) is 5.37. The average molecular weight is 439 g/mol. The number of piperidine rings is 1. The van der Waals surface area contributed by atoms with E-state index < -0.39 is 11.7 Å². The smallest absolute Gasteiger partial charge is 0.342 e. The number of benzene rings is 1. The maximum Gasteiger partial charge on any atom is 0.416 e. The van der Waals surface area contributed by atoms with Gasteiger partial charge in [-0.25, -0.2) is 0 Å². The van der Waals surface area contributed by atoms with E-state index in [0.717, 1.165) is 12.1 Å². The lowest BCUT2D eigenvalue weighted by Crippen LogP contribution is -2.46. The number of hydrogen-bond donors (Lipinski definition) is 1. The first-order valence-corrected chi connectivity index (χ1v) is 10.4. The zero-order chi connectivity index (χ0) is 23.0. The lowest BCUT2D eigenvalue weighted by molar-refractivity contribution is -0.138. The number of rotatable bonds is 3. The Labute approximate surface area is 179 Å². The van der Waals surface area contributed by atoms with Crippen LogP contribution in [0, 0.1) is 11.8 Å². The van der Waals surface area contributed by atoms with Crippen molar-refractivity contribution in [2.45, 2.75) is 51.7 Å². The second kappa shape index (κ2) is 8.51. The summed E-state index contributed by atoms with van der Waals surface area (Å²) in [4.78, 5) is 41.0. The summed E-state index contributed by atoms with van der Waals surface area (Å²) in [5, 5.41) is 2.56. The Bertz CT molecular complexity index is 856. The van der Waals surface area contributed by atoms with Crippen molar-refractivity contribution in [3.63, 3.8) is 0 Å². The highest BCUT2D eigenvalue weighted by molar-refractivity contribution is 5.93. The molecule has 0 bridgehead atoms. The molecular formula is C22H28F3N3O3. The van der Waals surface area contributed by atoms with Gasteiger partial charge in [-0.05, 0) is 51.8 Å². The van der Waals surface area contributed by atoms with E-state index in [4.69, 9.17) is 0 Å². The van der Waals surface area contributed by atoms with Crippen molar-refractivity contribution >= 4 is 23.4 Å². The van der Waals surface area contributed by atoms with Crippen LogP contribution in [0.4, 0.5) is 18.9 Å². The van der Waals surface area contributed by atoms with Crippen LogP contribution in [0.5, 0.6) is 0 Å². The van der Waals surface area contributed by atoms with Gasteiger partial charge >= 0.3 is 6.18 Å². The highest BCUT2D eigenvalue weighted by Crippen LogP contribution is 2.31. The summed E-state index contributed by atoms with van der Waals surface area (Å²) in [6.07, 6.45) is -3.41. The average Bonchev–Trinajstić information content (AvgIpc) is 3.09. The number of nitrogens with one attached hydrogen (secondary N) is 1. The van der Waals surface area contributed by atoms with Crippen LogP contribution in [0.1, 0.15) is 45.6 Å². The molecule has 2 fully saturated rings. The highest BCUT2D eigenvalue weighted by atomic mass is 19.4. The summed E-state index contributed by atoms with van der Waals surface area (Å²) < 4.78 is 38.5. The Hall–Kier alpha value is -2.58. The lowest BCUT2D eigenvalue weighted by Gasteiger charge is -2.34. The summed E-state index contributed by atoms with van der Waals surface area (Å²) in [6.45, 7) is 6.99. The van der Waals surface area contributed by atoms with Crippen LogP contribution in [-0.4, -0.2) is 52.7 Å². The molecule has 2 saturated heterocycles. The van der Waals surface area contributed by atoms with Gasteiger partial charge in [-0.1, -0.05) is 6.07 Å². The molecule has 0 radical (unpaired) electrons. The molecule has 2 heterocycles. The van der Waals surface area contributed by atoms with Crippen LogP contribution >= 0.6 is 0 Å². The first-order valence-electron chi connectivity index (χ1n) is 10.4. The Morgan fingerprint density at radius 1 is 1.06 bits per heavy atom. The maximum atomic E-state index is 12.9. The summed E-state index contributed by atoms with van der Waals surface area (Å²) in [6, 6.07) is 4.54. The van der Waals surface area contributed by atoms with Crippen LogP contribution in [-0.2, 0) is 20.6 Å². The maximum absolute atomic E-state index is 12.9. The third-order valence-electron chi connectivity index (χ3n) is 5.92. The fourth-order valence-electron chi connectivity index (χ4n) is 4.16. The Balaban J connectivity index is 1.53. The van der Waals surface area contributed by atoms with Gasteiger partial charge in [-0.3, -0.25) is 14.4 Å². The summed E-state index contributed by atoms with van der Waals surface area (Å²) in [5.41, 5.74) is -1.05. The van der Waals surface area contributed by atoms with Gasteiger partial charge in [0.1, 0.15) is 0 Å². The van der Waals surface area contributed by atoms with Crippen LogP contribution in [0.25, 0.3) is 0 Å². The van der Waals surface area contributed by atoms with Crippen LogP contribution < -0.4 is 5.32 Å². The van der Waals surface area contributed by atoms with E-state index in [1.807, 2.05) is 20.8 Å². The molecule has 170 valence electrons. The number of hydrogen-bond acceptors (Lipinski definition) is 3. The van der Waals surface area contributed by atoms with Gasteiger partial charge in [0, 0.05) is 43.2 Å². The minimum Gasteiger partial charge on any atom is -0.342 e. The number of amides is 3. The van der Waals surface area contributed by atoms with E-state index in [1.165, 1.54) is 12.1 Å². The zero-order valence-electron chi connectivity index (χ0n) is 18.0. The van der Waals surface area contributed by atoms with Crippen molar-refractivity contribution in [1.82, 2.24) is 9.80 Å². The van der Waals surface area contributed by atoms with Crippen LogP contribution in [0.2, 0.25) is 0 Å². The molecule has 0 aliphatic carbocycles. The van der Waals surface area contributed by atoms with E-state index in [2.05, 4.69) is 5.32 Å². The second-order valence-corrected chi connectivity index (χ2v) is 9.24. The van der Waals surface area contributed by atoms with Crippen molar-refractivity contribution < 1.29 is 27.6 Å². The molecule has 1 atom stereocenters. The number of nitrogens with zero attached hydrogens (tertiary/aromatic N) is 2. The first-order chi connectivity index (χ1) is 14.4. The molecule has 9 heteroatoms. The molecule has 3 amide bonds. The molecule has 0 spiro atoms. The topological polar surface area (TPSA) is 69.7 Å². The standard InChI is InChI=1S/C22H28F3N3O3/c1-21(2,3)28-13-15(11-18(28)29)20(31)27-9-7-14(8-10-27)19(30)26-17-6-4-5-16(12-17)22(23,24)25/h4-6,12,14-15H,7-11,13H2,1-3H3,(H,26,30). The SMILES string of the molecule is CC(C)(C)N1CC(C(=O)N2CCC(C(=O)Nc3cccc(C(F)(F)F)c3)CC2)CC1=O. The predicted molar refractivity (Wildman–Crippen MR) is 109 cm³/mol. The number of carbonyl (C=O) groups excluding carboxylic acids is 3. The number of anilines is 1. The van der Waals surface area contributed by atoms with Gasteiger partial charge in [0.25, 0.3) is 0 Å². The molecule has 1 aromatic rings. The largest absolute Gasteiger partial charge is 0.416 e. The normalized spacial score (nSPS) is 20.8. The van der Waals surface area contributed by atoms with Gasteiger partial charge in [-0.15, -0.1) is 0 Å². The fourth-order valence-corrected chi connectivity index (χ4v) is 4.16. The van der Waals surface area contributed by atoms with Gasteiger partial charge < -0.3 is 15.1 Å². The molecule has 2 aliphatic rings. The minimum atomic E-state index is -4.48. The van der Waals surface area contributed by atoms with Crippen LogP contribution in [0.3, 0.4) is 0 Å². The van der Waals surface area contributed by atoms with Crippen molar-refractivity contribution in [3.8, 4) is 0 Å². The predicted octanol–water partition coefficient (Wildman–Crippen LogP) is 3.53. The number of halogens is 3. The number of likely N-dealkylation sites (tertiary alicyclic amines) is 2. The number of carbonyl (C=O) groups is 3.